The highest BCUT2D eigenvalue weighted by atomic mass is 32.1. The Bertz CT molecular complexity index is 425. The molecule has 0 fully saturated rings. The third-order valence-electron chi connectivity index (χ3n) is 2.10. The van der Waals surface area contributed by atoms with Gasteiger partial charge in [0.2, 0.25) is 0 Å². The van der Waals surface area contributed by atoms with E-state index in [4.69, 9.17) is 9.84 Å². The summed E-state index contributed by atoms with van der Waals surface area (Å²) in [5, 5.41) is 13.1. The van der Waals surface area contributed by atoms with Gasteiger partial charge in [-0.1, -0.05) is 0 Å². The van der Waals surface area contributed by atoms with Crippen molar-refractivity contribution in [3.05, 3.63) is 16.3 Å². The zero-order chi connectivity index (χ0) is 13.1. The molecule has 5 nitrogen and oxygen atoms in total. The second-order valence-electron chi connectivity index (χ2n) is 4.23. The van der Waals surface area contributed by atoms with E-state index in [9.17, 15) is 9.59 Å². The number of carbonyl (C=O) groups is 2. The second-order valence-corrected chi connectivity index (χ2v) is 5.14. The van der Waals surface area contributed by atoms with Gasteiger partial charge in [0.25, 0.3) is 5.91 Å². The highest BCUT2D eigenvalue weighted by Gasteiger charge is 2.26. The lowest BCUT2D eigenvalue weighted by Crippen LogP contribution is -2.44. The fourth-order valence-corrected chi connectivity index (χ4v) is 2.16. The summed E-state index contributed by atoms with van der Waals surface area (Å²) in [4.78, 5) is 23.0. The molecule has 1 aromatic heterocycles. The molecular formula is C11H15NO4S. The van der Waals surface area contributed by atoms with Crippen LogP contribution in [-0.4, -0.2) is 29.6 Å². The molecule has 0 bridgehead atoms. The summed E-state index contributed by atoms with van der Waals surface area (Å²) in [5.74, 6) is -0.768. The van der Waals surface area contributed by atoms with Crippen molar-refractivity contribution in [2.45, 2.75) is 25.8 Å². The topological polar surface area (TPSA) is 75.6 Å². The molecule has 0 saturated carbocycles. The summed E-state index contributed by atoms with van der Waals surface area (Å²) in [6.45, 7) is 3.33. The fraction of sp³-hybridized carbons (Fsp3) is 0.455. The number of rotatable bonds is 5. The van der Waals surface area contributed by atoms with Gasteiger partial charge in [-0.05, 0) is 25.3 Å². The molecule has 0 spiro atoms. The highest BCUT2D eigenvalue weighted by molar-refractivity contribution is 7.12. The Morgan fingerprint density at radius 3 is 2.71 bits per heavy atom. The van der Waals surface area contributed by atoms with Gasteiger partial charge in [0.15, 0.2) is 0 Å². The molecule has 2 N–H and O–H groups in total. The Balaban J connectivity index is 2.75. The van der Waals surface area contributed by atoms with E-state index >= 15 is 0 Å². The van der Waals surface area contributed by atoms with Gasteiger partial charge in [-0.3, -0.25) is 9.59 Å². The summed E-state index contributed by atoms with van der Waals surface area (Å²) in [6, 6.07) is 1.70. The molecule has 0 radical (unpaired) electrons. The third-order valence-corrected chi connectivity index (χ3v) is 2.99. The minimum atomic E-state index is -0.951. The summed E-state index contributed by atoms with van der Waals surface area (Å²) in [7, 11) is 1.49. The Morgan fingerprint density at radius 2 is 2.18 bits per heavy atom. The molecule has 1 rings (SSSR count). The summed E-state index contributed by atoms with van der Waals surface area (Å²) in [6.07, 6.45) is -0.133. The van der Waals surface area contributed by atoms with Crippen LogP contribution in [-0.2, 0) is 4.79 Å². The average molecular weight is 257 g/mol. The highest BCUT2D eigenvalue weighted by Crippen LogP contribution is 2.25. The number of amides is 1. The molecule has 0 aliphatic rings. The van der Waals surface area contributed by atoms with E-state index in [-0.39, 0.29) is 12.3 Å². The standard InChI is InChI=1S/C11H15NO4S/c1-11(2,6-8(13)14)12-10(15)9-7(16-3)4-5-17-9/h4-5H,6H2,1-3H3,(H,12,15)(H,13,14). The molecule has 0 aromatic carbocycles. The lowest BCUT2D eigenvalue weighted by Gasteiger charge is -2.24. The predicted octanol–water partition coefficient (Wildman–Crippen LogP) is 1.74. The summed E-state index contributed by atoms with van der Waals surface area (Å²) < 4.78 is 5.04. The van der Waals surface area contributed by atoms with E-state index in [1.165, 1.54) is 18.4 Å². The largest absolute Gasteiger partial charge is 0.495 e. The molecule has 0 aliphatic heterocycles. The lowest BCUT2D eigenvalue weighted by molar-refractivity contribution is -0.138. The lowest BCUT2D eigenvalue weighted by atomic mass is 10.0. The van der Waals surface area contributed by atoms with Crippen molar-refractivity contribution >= 4 is 23.2 Å². The minimum absolute atomic E-state index is 0.133. The minimum Gasteiger partial charge on any atom is -0.495 e. The maximum Gasteiger partial charge on any atom is 0.305 e. The number of nitrogens with one attached hydrogen (secondary N) is 1. The van der Waals surface area contributed by atoms with Crippen LogP contribution in [0.25, 0.3) is 0 Å². The Labute approximate surface area is 103 Å². The molecule has 6 heteroatoms. The molecule has 1 aromatic rings. The monoisotopic (exact) mass is 257 g/mol. The molecule has 0 aliphatic carbocycles. The first-order chi connectivity index (χ1) is 7.85. The SMILES string of the molecule is COc1ccsc1C(=O)NC(C)(C)CC(=O)O. The number of carboxylic acid groups (broad SMARTS) is 1. The summed E-state index contributed by atoms with van der Waals surface area (Å²) in [5.41, 5.74) is -0.794. The van der Waals surface area contributed by atoms with E-state index in [2.05, 4.69) is 5.32 Å². The third kappa shape index (κ3) is 3.74. The van der Waals surface area contributed by atoms with Crippen LogP contribution in [0.4, 0.5) is 0 Å². The van der Waals surface area contributed by atoms with Crippen LogP contribution in [0.15, 0.2) is 11.4 Å². The van der Waals surface area contributed by atoms with E-state index in [0.29, 0.717) is 10.6 Å². The molecule has 17 heavy (non-hydrogen) atoms. The summed E-state index contributed by atoms with van der Waals surface area (Å²) >= 11 is 1.26. The van der Waals surface area contributed by atoms with Crippen molar-refractivity contribution in [1.29, 1.82) is 0 Å². The molecule has 0 saturated heterocycles. The van der Waals surface area contributed by atoms with Gasteiger partial charge in [-0.15, -0.1) is 11.3 Å². The number of hydrogen-bond acceptors (Lipinski definition) is 4. The van der Waals surface area contributed by atoms with Crippen molar-refractivity contribution in [3.8, 4) is 5.75 Å². The Kier molecular flexibility index (Phi) is 4.11. The zero-order valence-corrected chi connectivity index (χ0v) is 10.8. The zero-order valence-electron chi connectivity index (χ0n) is 9.94. The van der Waals surface area contributed by atoms with Gasteiger partial charge in [0, 0.05) is 5.54 Å². The molecular weight excluding hydrogens is 242 g/mol. The van der Waals surface area contributed by atoms with Crippen molar-refractivity contribution in [2.24, 2.45) is 0 Å². The number of ether oxygens (including phenoxy) is 1. The average Bonchev–Trinajstić information content (AvgIpc) is 2.61. The van der Waals surface area contributed by atoms with Crippen LogP contribution in [0.1, 0.15) is 29.9 Å². The van der Waals surface area contributed by atoms with Gasteiger partial charge in [-0.25, -0.2) is 0 Å². The smallest absolute Gasteiger partial charge is 0.305 e. The quantitative estimate of drug-likeness (QED) is 0.842. The van der Waals surface area contributed by atoms with E-state index < -0.39 is 11.5 Å². The van der Waals surface area contributed by atoms with Gasteiger partial charge >= 0.3 is 5.97 Å². The first-order valence-corrected chi connectivity index (χ1v) is 5.89. The number of hydrogen-bond donors (Lipinski definition) is 2. The number of thiophene rings is 1. The number of carbonyl (C=O) groups excluding carboxylic acids is 1. The van der Waals surface area contributed by atoms with Crippen molar-refractivity contribution in [3.63, 3.8) is 0 Å². The fourth-order valence-electron chi connectivity index (χ4n) is 1.41. The first kappa shape index (κ1) is 13.5. The Hall–Kier alpha value is -1.56. The molecule has 0 unspecified atom stereocenters. The predicted molar refractivity (Wildman–Crippen MR) is 64.7 cm³/mol. The van der Waals surface area contributed by atoms with Crippen LogP contribution >= 0.6 is 11.3 Å². The van der Waals surface area contributed by atoms with Crippen molar-refractivity contribution < 1.29 is 19.4 Å². The van der Waals surface area contributed by atoms with Crippen LogP contribution in [0.2, 0.25) is 0 Å². The first-order valence-electron chi connectivity index (χ1n) is 5.01. The van der Waals surface area contributed by atoms with Crippen LogP contribution in [0.5, 0.6) is 5.75 Å². The van der Waals surface area contributed by atoms with Gasteiger partial charge in [-0.2, -0.15) is 0 Å². The number of aliphatic carboxylic acids is 1. The van der Waals surface area contributed by atoms with Crippen LogP contribution in [0.3, 0.4) is 0 Å². The number of carboxylic acids is 1. The maximum atomic E-state index is 11.9. The van der Waals surface area contributed by atoms with E-state index in [1.54, 1.807) is 25.3 Å². The molecule has 0 atom stereocenters. The Morgan fingerprint density at radius 1 is 1.53 bits per heavy atom. The van der Waals surface area contributed by atoms with E-state index in [0.717, 1.165) is 0 Å². The van der Waals surface area contributed by atoms with Crippen LogP contribution in [0, 0.1) is 0 Å². The second kappa shape index (κ2) is 5.18. The normalized spacial score (nSPS) is 11.0. The maximum absolute atomic E-state index is 11.9. The van der Waals surface area contributed by atoms with Gasteiger partial charge in [0.05, 0.1) is 13.5 Å². The molecule has 94 valence electrons. The number of methoxy groups -OCH3 is 1. The van der Waals surface area contributed by atoms with Gasteiger partial charge in [0.1, 0.15) is 10.6 Å². The molecule has 1 heterocycles. The van der Waals surface area contributed by atoms with Crippen LogP contribution < -0.4 is 10.1 Å². The van der Waals surface area contributed by atoms with Crippen molar-refractivity contribution in [1.82, 2.24) is 5.32 Å². The molecule has 1 amide bonds. The van der Waals surface area contributed by atoms with E-state index in [1.807, 2.05) is 0 Å². The van der Waals surface area contributed by atoms with Gasteiger partial charge < -0.3 is 15.2 Å². The van der Waals surface area contributed by atoms with Crippen molar-refractivity contribution in [2.75, 3.05) is 7.11 Å².